The number of para-hydroxylation sites is 1. The molecule has 0 amide bonds. The molecule has 8 heteroatoms. The smallest absolute Gasteiger partial charge is 0.191 e. The van der Waals surface area contributed by atoms with Crippen molar-refractivity contribution in [1.82, 2.24) is 25.4 Å². The summed E-state index contributed by atoms with van der Waals surface area (Å²) in [6, 6.07) is 9.90. The lowest BCUT2D eigenvalue weighted by Crippen LogP contribution is -2.38. The van der Waals surface area contributed by atoms with Crippen molar-refractivity contribution < 1.29 is 4.74 Å². The van der Waals surface area contributed by atoms with Crippen LogP contribution in [0, 0.1) is 0 Å². The van der Waals surface area contributed by atoms with Crippen LogP contribution >= 0.6 is 24.0 Å². The van der Waals surface area contributed by atoms with Gasteiger partial charge >= 0.3 is 0 Å². The predicted octanol–water partition coefficient (Wildman–Crippen LogP) is 3.19. The number of aliphatic imine (C=N–C) groups is 1. The quantitative estimate of drug-likeness (QED) is 0.234. The van der Waals surface area contributed by atoms with Crippen molar-refractivity contribution in [2.75, 3.05) is 26.2 Å². The van der Waals surface area contributed by atoms with E-state index in [4.69, 9.17) is 4.74 Å². The normalized spacial score (nSPS) is 13.8. The van der Waals surface area contributed by atoms with Gasteiger partial charge in [-0.2, -0.15) is 0 Å². The Morgan fingerprint density at radius 1 is 1.14 bits per heavy atom. The van der Waals surface area contributed by atoms with Crippen molar-refractivity contribution in [2.45, 2.75) is 52.0 Å². The Bertz CT molecular complexity index is 734. The monoisotopic (exact) mass is 512 g/mol. The molecule has 2 aromatic rings. The van der Waals surface area contributed by atoms with E-state index < -0.39 is 0 Å². The molecule has 0 saturated carbocycles. The summed E-state index contributed by atoms with van der Waals surface area (Å²) in [6.45, 7) is 6.15. The molecule has 1 aromatic heterocycles. The molecular formula is C21H33IN6O. The van der Waals surface area contributed by atoms with Crippen molar-refractivity contribution in [3.8, 4) is 5.75 Å². The summed E-state index contributed by atoms with van der Waals surface area (Å²) in [5.41, 5.74) is 0. The minimum absolute atomic E-state index is 0. The molecule has 0 radical (unpaired) electrons. The van der Waals surface area contributed by atoms with Crippen LogP contribution in [-0.4, -0.2) is 47.0 Å². The number of hydrogen-bond acceptors (Lipinski definition) is 4. The fourth-order valence-corrected chi connectivity index (χ4v) is 3.33. The Balaban J connectivity index is 0.00000300. The lowest BCUT2D eigenvalue weighted by Gasteiger charge is -2.12. The second-order valence-electron chi connectivity index (χ2n) is 6.95. The maximum atomic E-state index is 5.71. The van der Waals surface area contributed by atoms with Gasteiger partial charge in [-0.05, 0) is 31.9 Å². The van der Waals surface area contributed by atoms with Crippen LogP contribution in [0.25, 0.3) is 0 Å². The molecule has 0 spiro atoms. The zero-order valence-corrected chi connectivity index (χ0v) is 19.6. The van der Waals surface area contributed by atoms with E-state index in [1.54, 1.807) is 0 Å². The molecule has 1 aliphatic rings. The highest BCUT2D eigenvalue weighted by Gasteiger charge is 2.14. The molecule has 1 aliphatic heterocycles. The molecule has 0 fully saturated rings. The molecule has 0 atom stereocenters. The summed E-state index contributed by atoms with van der Waals surface area (Å²) < 4.78 is 8.02. The largest absolute Gasteiger partial charge is 0.494 e. The van der Waals surface area contributed by atoms with E-state index in [1.165, 1.54) is 19.3 Å². The van der Waals surface area contributed by atoms with E-state index in [0.717, 1.165) is 68.8 Å². The molecule has 0 unspecified atom stereocenters. The van der Waals surface area contributed by atoms with E-state index in [-0.39, 0.29) is 24.0 Å². The third kappa shape index (κ3) is 7.83. The summed E-state index contributed by atoms with van der Waals surface area (Å²) in [5.74, 6) is 3.98. The minimum Gasteiger partial charge on any atom is -0.494 e. The first kappa shape index (κ1) is 23.4. The highest BCUT2D eigenvalue weighted by atomic mass is 127. The van der Waals surface area contributed by atoms with Crippen molar-refractivity contribution in [2.24, 2.45) is 4.99 Å². The Kier molecular flexibility index (Phi) is 10.8. The molecule has 29 heavy (non-hydrogen) atoms. The van der Waals surface area contributed by atoms with Gasteiger partial charge in [-0.1, -0.05) is 24.6 Å². The number of rotatable bonds is 9. The maximum absolute atomic E-state index is 5.71. The maximum Gasteiger partial charge on any atom is 0.191 e. The molecule has 1 aromatic carbocycles. The summed E-state index contributed by atoms with van der Waals surface area (Å²) in [5, 5.41) is 15.5. The number of aromatic nitrogens is 3. The SMILES string of the molecule is CCNC(=NCCCOc1ccccc1)NCCc1nnc2n1CCCCC2.I. The van der Waals surface area contributed by atoms with E-state index in [9.17, 15) is 0 Å². The standard InChI is InChI=1S/C21H32N6O.HI/c1-2-22-21(23-14-9-17-28-18-10-5-3-6-11-18)24-15-13-20-26-25-19-12-7-4-8-16-27(19)20;/h3,5-6,10-11H,2,4,7-9,12-17H2,1H3,(H2,22,23,24);1H. The first-order valence-corrected chi connectivity index (χ1v) is 10.5. The van der Waals surface area contributed by atoms with E-state index >= 15 is 0 Å². The zero-order chi connectivity index (χ0) is 19.4. The van der Waals surface area contributed by atoms with Gasteiger partial charge in [-0.3, -0.25) is 4.99 Å². The van der Waals surface area contributed by atoms with Crippen LogP contribution in [0.15, 0.2) is 35.3 Å². The number of hydrogen-bond donors (Lipinski definition) is 2. The van der Waals surface area contributed by atoms with E-state index in [2.05, 4.69) is 37.3 Å². The Morgan fingerprint density at radius 2 is 2.00 bits per heavy atom. The number of aryl methyl sites for hydroxylation is 1. The molecule has 3 rings (SSSR count). The summed E-state index contributed by atoms with van der Waals surface area (Å²) in [7, 11) is 0. The molecule has 0 aliphatic carbocycles. The average Bonchev–Trinajstić information content (AvgIpc) is 2.95. The van der Waals surface area contributed by atoms with Crippen molar-refractivity contribution >= 4 is 29.9 Å². The molecule has 2 N–H and O–H groups in total. The molecule has 0 bridgehead atoms. The minimum atomic E-state index is 0. The summed E-state index contributed by atoms with van der Waals surface area (Å²) in [4.78, 5) is 4.64. The second kappa shape index (κ2) is 13.4. The zero-order valence-electron chi connectivity index (χ0n) is 17.3. The molecular weight excluding hydrogens is 479 g/mol. The Hall–Kier alpha value is -1.84. The van der Waals surface area contributed by atoms with Gasteiger partial charge < -0.3 is 19.9 Å². The van der Waals surface area contributed by atoms with Crippen LogP contribution < -0.4 is 15.4 Å². The van der Waals surface area contributed by atoms with Crippen LogP contribution in [0.1, 0.15) is 44.3 Å². The number of fused-ring (bicyclic) bond motifs is 1. The number of halogens is 1. The third-order valence-electron chi connectivity index (χ3n) is 4.76. The first-order valence-electron chi connectivity index (χ1n) is 10.5. The first-order chi connectivity index (χ1) is 13.9. The van der Waals surface area contributed by atoms with Crippen LogP contribution in [-0.2, 0) is 19.4 Å². The fourth-order valence-electron chi connectivity index (χ4n) is 3.33. The van der Waals surface area contributed by atoms with Gasteiger partial charge in [0.2, 0.25) is 0 Å². The van der Waals surface area contributed by atoms with E-state index in [1.807, 2.05) is 30.3 Å². The van der Waals surface area contributed by atoms with Gasteiger partial charge in [0.05, 0.1) is 6.61 Å². The van der Waals surface area contributed by atoms with Crippen LogP contribution in [0.2, 0.25) is 0 Å². The van der Waals surface area contributed by atoms with Crippen molar-refractivity contribution in [3.05, 3.63) is 42.0 Å². The van der Waals surface area contributed by atoms with Gasteiger partial charge in [0.25, 0.3) is 0 Å². The number of guanidine groups is 1. The van der Waals surface area contributed by atoms with Crippen LogP contribution in [0.4, 0.5) is 0 Å². The third-order valence-corrected chi connectivity index (χ3v) is 4.76. The average molecular weight is 512 g/mol. The molecule has 2 heterocycles. The Labute approximate surface area is 190 Å². The second-order valence-corrected chi connectivity index (χ2v) is 6.95. The summed E-state index contributed by atoms with van der Waals surface area (Å²) in [6.07, 6.45) is 6.52. The van der Waals surface area contributed by atoms with Crippen molar-refractivity contribution in [3.63, 3.8) is 0 Å². The predicted molar refractivity (Wildman–Crippen MR) is 127 cm³/mol. The molecule has 160 valence electrons. The number of ether oxygens (including phenoxy) is 1. The highest BCUT2D eigenvalue weighted by Crippen LogP contribution is 2.14. The van der Waals surface area contributed by atoms with Gasteiger partial charge in [0.15, 0.2) is 5.96 Å². The number of nitrogens with zero attached hydrogens (tertiary/aromatic N) is 4. The number of nitrogens with one attached hydrogen (secondary N) is 2. The molecule has 0 saturated heterocycles. The van der Waals surface area contributed by atoms with Crippen LogP contribution in [0.3, 0.4) is 0 Å². The topological polar surface area (TPSA) is 76.4 Å². The van der Waals surface area contributed by atoms with Gasteiger partial charge in [-0.25, -0.2) is 0 Å². The lowest BCUT2D eigenvalue weighted by molar-refractivity contribution is 0.313. The summed E-state index contributed by atoms with van der Waals surface area (Å²) >= 11 is 0. The van der Waals surface area contributed by atoms with Gasteiger partial charge in [0.1, 0.15) is 17.4 Å². The van der Waals surface area contributed by atoms with Crippen LogP contribution in [0.5, 0.6) is 5.75 Å². The van der Waals surface area contributed by atoms with Crippen molar-refractivity contribution in [1.29, 1.82) is 0 Å². The Morgan fingerprint density at radius 3 is 2.83 bits per heavy atom. The highest BCUT2D eigenvalue weighted by molar-refractivity contribution is 14.0. The van der Waals surface area contributed by atoms with E-state index in [0.29, 0.717) is 6.61 Å². The van der Waals surface area contributed by atoms with Gasteiger partial charge in [-0.15, -0.1) is 34.2 Å². The lowest BCUT2D eigenvalue weighted by atomic mass is 10.2. The number of benzene rings is 1. The van der Waals surface area contributed by atoms with Gasteiger partial charge in [0, 0.05) is 45.4 Å². The molecule has 7 nitrogen and oxygen atoms in total. The fraction of sp³-hybridized carbons (Fsp3) is 0.571.